The van der Waals surface area contributed by atoms with Gasteiger partial charge in [0.1, 0.15) is 0 Å². The molecule has 6 rings (SSSR count). The van der Waals surface area contributed by atoms with Gasteiger partial charge in [-0.1, -0.05) is 150 Å². The van der Waals surface area contributed by atoms with Crippen molar-refractivity contribution < 1.29 is 0 Å². The number of benzene rings is 5. The third-order valence-electron chi connectivity index (χ3n) is 10.2. The van der Waals surface area contributed by atoms with Crippen molar-refractivity contribution in [3.05, 3.63) is 156 Å². The van der Waals surface area contributed by atoms with Crippen LogP contribution in [0, 0.1) is 0 Å². The maximum Gasteiger partial charge on any atom is 0.0464 e. The highest BCUT2D eigenvalue weighted by molar-refractivity contribution is 5.88. The quantitative estimate of drug-likeness (QED) is 0.112. The fraction of sp³-hybridized carbons (Fsp3) is 0.289. The lowest BCUT2D eigenvalue weighted by molar-refractivity contribution is 0.528. The van der Waals surface area contributed by atoms with Crippen LogP contribution in [0.3, 0.4) is 0 Å². The van der Waals surface area contributed by atoms with Crippen LogP contribution in [-0.2, 0) is 10.8 Å². The standard InChI is InChI=1S/C45H48/c1-7-9-10-14-29-45(39-25-23-38(24-26-39)44(4,5)6)42-30-36(34-15-12-11-13-16-34)21-27-40(42)41-28-22-37(31-43(41)45)35-19-17-33(18-20-35)32(3)8-2/h7,11-13,15-28,30-32H,1,8-10,14,29H2,2-6H3. The highest BCUT2D eigenvalue weighted by Crippen LogP contribution is 2.56. The van der Waals surface area contributed by atoms with E-state index in [4.69, 9.17) is 0 Å². The SMILES string of the molecule is C=CCCCCC1(c2ccc(C(C)(C)C)cc2)c2cc(-c3ccccc3)ccc2-c2ccc(-c3ccc(C(C)CC)cc3)cc21. The lowest BCUT2D eigenvalue weighted by Gasteiger charge is -2.34. The van der Waals surface area contributed by atoms with Crippen molar-refractivity contribution in [2.24, 2.45) is 0 Å². The first kappa shape index (κ1) is 30.8. The summed E-state index contributed by atoms with van der Waals surface area (Å²) in [5.74, 6) is 0.576. The molecule has 0 aliphatic heterocycles. The summed E-state index contributed by atoms with van der Waals surface area (Å²) in [6.45, 7) is 15.5. The smallest absolute Gasteiger partial charge is 0.0464 e. The number of rotatable bonds is 10. The van der Waals surface area contributed by atoms with Crippen LogP contribution in [0.25, 0.3) is 33.4 Å². The minimum atomic E-state index is -0.236. The van der Waals surface area contributed by atoms with E-state index in [2.05, 4.69) is 163 Å². The fourth-order valence-corrected chi connectivity index (χ4v) is 7.30. The van der Waals surface area contributed by atoms with Gasteiger partial charge in [0.2, 0.25) is 0 Å². The zero-order chi connectivity index (χ0) is 31.6. The Morgan fingerprint density at radius 3 is 1.76 bits per heavy atom. The van der Waals surface area contributed by atoms with Crippen LogP contribution >= 0.6 is 0 Å². The molecule has 0 amide bonds. The third-order valence-corrected chi connectivity index (χ3v) is 10.2. The molecule has 2 atom stereocenters. The highest BCUT2D eigenvalue weighted by atomic mass is 14.5. The van der Waals surface area contributed by atoms with Crippen LogP contribution in [-0.4, -0.2) is 0 Å². The van der Waals surface area contributed by atoms with E-state index in [0.29, 0.717) is 5.92 Å². The molecular formula is C45H48. The van der Waals surface area contributed by atoms with E-state index in [9.17, 15) is 0 Å². The van der Waals surface area contributed by atoms with Crippen molar-refractivity contribution >= 4 is 0 Å². The van der Waals surface area contributed by atoms with Gasteiger partial charge in [-0.05, 0) is 110 Å². The Bertz CT molecular complexity index is 1760. The van der Waals surface area contributed by atoms with E-state index >= 15 is 0 Å². The van der Waals surface area contributed by atoms with E-state index in [0.717, 1.165) is 32.1 Å². The van der Waals surface area contributed by atoms with E-state index in [1.54, 1.807) is 0 Å². The first-order valence-corrected chi connectivity index (χ1v) is 16.9. The minimum Gasteiger partial charge on any atom is -0.103 e. The third kappa shape index (κ3) is 5.84. The van der Waals surface area contributed by atoms with E-state index in [1.165, 1.54) is 61.2 Å². The monoisotopic (exact) mass is 588 g/mol. The zero-order valence-electron chi connectivity index (χ0n) is 27.9. The normalized spacial score (nSPS) is 16.2. The number of allylic oxidation sites excluding steroid dienone is 1. The van der Waals surface area contributed by atoms with Gasteiger partial charge in [-0.3, -0.25) is 0 Å². The maximum atomic E-state index is 4.02. The van der Waals surface area contributed by atoms with Gasteiger partial charge in [-0.25, -0.2) is 0 Å². The maximum absolute atomic E-state index is 4.02. The van der Waals surface area contributed by atoms with Crippen LogP contribution in [0.1, 0.15) is 100 Å². The summed E-state index contributed by atoms with van der Waals surface area (Å²) < 4.78 is 0. The zero-order valence-corrected chi connectivity index (χ0v) is 27.9. The van der Waals surface area contributed by atoms with Crippen LogP contribution in [0.4, 0.5) is 0 Å². The first-order valence-electron chi connectivity index (χ1n) is 16.9. The average Bonchev–Trinajstić information content (AvgIpc) is 3.35. The number of hydrogen-bond donors (Lipinski definition) is 0. The molecule has 0 spiro atoms. The number of fused-ring (bicyclic) bond motifs is 3. The Balaban J connectivity index is 1.57. The largest absolute Gasteiger partial charge is 0.103 e. The molecular weight excluding hydrogens is 540 g/mol. The van der Waals surface area contributed by atoms with Crippen molar-refractivity contribution in [3.8, 4) is 33.4 Å². The van der Waals surface area contributed by atoms with Gasteiger partial charge in [-0.2, -0.15) is 0 Å². The van der Waals surface area contributed by atoms with E-state index in [-0.39, 0.29) is 10.8 Å². The predicted octanol–water partition coefficient (Wildman–Crippen LogP) is 12.9. The van der Waals surface area contributed by atoms with Crippen LogP contribution in [0.15, 0.2) is 128 Å². The van der Waals surface area contributed by atoms with Crippen molar-refractivity contribution in [2.45, 2.75) is 83.5 Å². The second-order valence-electron chi connectivity index (χ2n) is 14.1. The van der Waals surface area contributed by atoms with Gasteiger partial charge in [0.25, 0.3) is 0 Å². The molecule has 0 heteroatoms. The van der Waals surface area contributed by atoms with Crippen LogP contribution in [0.2, 0.25) is 0 Å². The molecule has 0 saturated heterocycles. The summed E-state index contributed by atoms with van der Waals surface area (Å²) in [5.41, 5.74) is 14.8. The lowest BCUT2D eigenvalue weighted by atomic mass is 9.68. The molecule has 5 aromatic carbocycles. The highest BCUT2D eigenvalue weighted by Gasteiger charge is 2.44. The minimum absolute atomic E-state index is 0.107. The molecule has 228 valence electrons. The van der Waals surface area contributed by atoms with Gasteiger partial charge in [0, 0.05) is 5.41 Å². The molecule has 0 bridgehead atoms. The van der Waals surface area contributed by atoms with E-state index in [1.807, 2.05) is 0 Å². The molecule has 0 nitrogen and oxygen atoms in total. The Hall–Kier alpha value is -4.16. The summed E-state index contributed by atoms with van der Waals surface area (Å²) in [5, 5.41) is 0. The summed E-state index contributed by atoms with van der Waals surface area (Å²) in [6, 6.07) is 44.2. The first-order chi connectivity index (χ1) is 21.8. The van der Waals surface area contributed by atoms with Gasteiger partial charge in [0.05, 0.1) is 0 Å². The van der Waals surface area contributed by atoms with Gasteiger partial charge >= 0.3 is 0 Å². The van der Waals surface area contributed by atoms with Crippen molar-refractivity contribution in [2.75, 3.05) is 0 Å². The van der Waals surface area contributed by atoms with Crippen molar-refractivity contribution in [3.63, 3.8) is 0 Å². The van der Waals surface area contributed by atoms with Crippen LogP contribution in [0.5, 0.6) is 0 Å². The molecule has 1 aliphatic carbocycles. The Labute approximate surface area is 271 Å². The molecule has 0 heterocycles. The van der Waals surface area contributed by atoms with Crippen molar-refractivity contribution in [1.82, 2.24) is 0 Å². The molecule has 5 aromatic rings. The molecule has 0 N–H and O–H groups in total. The Morgan fingerprint density at radius 1 is 0.667 bits per heavy atom. The molecule has 45 heavy (non-hydrogen) atoms. The molecule has 1 aliphatic rings. The van der Waals surface area contributed by atoms with E-state index < -0.39 is 0 Å². The summed E-state index contributed by atoms with van der Waals surface area (Å²) in [6.07, 6.45) is 7.61. The summed E-state index contributed by atoms with van der Waals surface area (Å²) in [4.78, 5) is 0. The van der Waals surface area contributed by atoms with Gasteiger partial charge in [0.15, 0.2) is 0 Å². The molecule has 0 saturated carbocycles. The Kier molecular flexibility index (Phi) is 8.69. The number of unbranched alkanes of at least 4 members (excludes halogenated alkanes) is 2. The predicted molar refractivity (Wildman–Crippen MR) is 195 cm³/mol. The van der Waals surface area contributed by atoms with Gasteiger partial charge < -0.3 is 0 Å². The number of hydrogen-bond acceptors (Lipinski definition) is 0. The molecule has 0 fully saturated rings. The Morgan fingerprint density at radius 2 is 1.22 bits per heavy atom. The van der Waals surface area contributed by atoms with Crippen LogP contribution < -0.4 is 0 Å². The lowest BCUT2D eigenvalue weighted by Crippen LogP contribution is -2.27. The van der Waals surface area contributed by atoms with Crippen molar-refractivity contribution in [1.29, 1.82) is 0 Å². The second kappa shape index (κ2) is 12.7. The summed E-state index contributed by atoms with van der Waals surface area (Å²) in [7, 11) is 0. The summed E-state index contributed by atoms with van der Waals surface area (Å²) >= 11 is 0. The molecule has 2 unspecified atom stereocenters. The average molecular weight is 589 g/mol. The van der Waals surface area contributed by atoms with Gasteiger partial charge in [-0.15, -0.1) is 6.58 Å². The topological polar surface area (TPSA) is 0 Å². The molecule has 0 radical (unpaired) electrons. The fourth-order valence-electron chi connectivity index (χ4n) is 7.30. The second-order valence-corrected chi connectivity index (χ2v) is 14.1. The molecule has 0 aromatic heterocycles.